The number of fused-ring (bicyclic) bond motifs is 1. The standard InChI is InChI=1S/C12H15N3O/c1-2-10(13)12(16)15-9-3-4-11-8(7-9)5-6-14-11/h3-7,10,14H,2,13H2,1H3,(H,15,16)/t10-/m1/s1. The van der Waals surface area contributed by atoms with Crippen LogP contribution in [0.3, 0.4) is 0 Å². The molecule has 0 unspecified atom stereocenters. The highest BCUT2D eigenvalue weighted by atomic mass is 16.2. The third kappa shape index (κ3) is 2.06. The molecule has 0 spiro atoms. The van der Waals surface area contributed by atoms with Gasteiger partial charge in [0.2, 0.25) is 5.91 Å². The summed E-state index contributed by atoms with van der Waals surface area (Å²) in [5.41, 5.74) is 7.47. The Bertz CT molecular complexity index is 504. The second-order valence-electron chi connectivity index (χ2n) is 3.78. The maximum atomic E-state index is 11.6. The first kappa shape index (κ1) is 10.7. The molecule has 16 heavy (non-hydrogen) atoms. The fraction of sp³-hybridized carbons (Fsp3) is 0.250. The van der Waals surface area contributed by atoms with Gasteiger partial charge in [-0.2, -0.15) is 0 Å². The molecule has 0 saturated carbocycles. The average Bonchev–Trinajstić information content (AvgIpc) is 2.75. The van der Waals surface area contributed by atoms with Crippen molar-refractivity contribution in [1.82, 2.24) is 4.98 Å². The third-order valence-corrected chi connectivity index (χ3v) is 2.60. The van der Waals surface area contributed by atoms with Crippen molar-refractivity contribution >= 4 is 22.5 Å². The molecule has 1 aromatic carbocycles. The molecule has 4 heteroatoms. The monoisotopic (exact) mass is 217 g/mol. The molecule has 1 aromatic heterocycles. The smallest absolute Gasteiger partial charge is 0.241 e. The van der Waals surface area contributed by atoms with Gasteiger partial charge in [-0.1, -0.05) is 6.92 Å². The van der Waals surface area contributed by atoms with Crippen LogP contribution in [0.1, 0.15) is 13.3 Å². The van der Waals surface area contributed by atoms with E-state index in [0.717, 1.165) is 16.6 Å². The summed E-state index contributed by atoms with van der Waals surface area (Å²) in [6, 6.07) is 7.24. The molecular formula is C12H15N3O. The molecule has 4 N–H and O–H groups in total. The molecule has 2 aromatic rings. The van der Waals surface area contributed by atoms with Crippen LogP contribution in [0.15, 0.2) is 30.5 Å². The van der Waals surface area contributed by atoms with Crippen LogP contribution < -0.4 is 11.1 Å². The van der Waals surface area contributed by atoms with Crippen LogP contribution in [0, 0.1) is 0 Å². The third-order valence-electron chi connectivity index (χ3n) is 2.60. The first-order valence-electron chi connectivity index (χ1n) is 5.34. The number of rotatable bonds is 3. The number of nitrogens with two attached hydrogens (primary N) is 1. The van der Waals surface area contributed by atoms with E-state index in [1.807, 2.05) is 37.4 Å². The van der Waals surface area contributed by atoms with Gasteiger partial charge in [0.1, 0.15) is 0 Å². The van der Waals surface area contributed by atoms with Gasteiger partial charge in [0.05, 0.1) is 6.04 Å². The molecule has 1 amide bonds. The van der Waals surface area contributed by atoms with E-state index in [-0.39, 0.29) is 5.91 Å². The molecule has 4 nitrogen and oxygen atoms in total. The lowest BCUT2D eigenvalue weighted by Gasteiger charge is -2.09. The van der Waals surface area contributed by atoms with Crippen LogP contribution in [0.4, 0.5) is 5.69 Å². The molecule has 84 valence electrons. The van der Waals surface area contributed by atoms with Gasteiger partial charge in [-0.25, -0.2) is 0 Å². The highest BCUT2D eigenvalue weighted by molar-refractivity contribution is 5.96. The van der Waals surface area contributed by atoms with Crippen LogP contribution >= 0.6 is 0 Å². The first-order valence-corrected chi connectivity index (χ1v) is 5.34. The van der Waals surface area contributed by atoms with E-state index < -0.39 is 6.04 Å². The van der Waals surface area contributed by atoms with Crippen molar-refractivity contribution in [1.29, 1.82) is 0 Å². The van der Waals surface area contributed by atoms with Gasteiger partial charge in [-0.05, 0) is 30.7 Å². The van der Waals surface area contributed by atoms with E-state index in [1.54, 1.807) is 0 Å². The van der Waals surface area contributed by atoms with Gasteiger partial charge in [0.15, 0.2) is 0 Å². The highest BCUT2D eigenvalue weighted by Gasteiger charge is 2.10. The van der Waals surface area contributed by atoms with Crippen molar-refractivity contribution < 1.29 is 4.79 Å². The summed E-state index contributed by atoms with van der Waals surface area (Å²) in [4.78, 5) is 14.7. The number of carbonyl (C=O) groups excluding carboxylic acids is 1. The molecule has 0 radical (unpaired) electrons. The number of aromatic amines is 1. The van der Waals surface area contributed by atoms with Crippen molar-refractivity contribution in [2.45, 2.75) is 19.4 Å². The minimum atomic E-state index is -0.443. The van der Waals surface area contributed by atoms with Gasteiger partial charge in [-0.15, -0.1) is 0 Å². The fourth-order valence-electron chi connectivity index (χ4n) is 1.55. The minimum absolute atomic E-state index is 0.141. The Morgan fingerprint density at radius 2 is 2.31 bits per heavy atom. The lowest BCUT2D eigenvalue weighted by molar-refractivity contribution is -0.117. The van der Waals surface area contributed by atoms with Gasteiger partial charge < -0.3 is 16.0 Å². The Morgan fingerprint density at radius 3 is 3.06 bits per heavy atom. The molecule has 2 rings (SSSR count). The lowest BCUT2D eigenvalue weighted by atomic mass is 10.2. The quantitative estimate of drug-likeness (QED) is 0.734. The Balaban J connectivity index is 2.17. The number of benzene rings is 1. The summed E-state index contributed by atoms with van der Waals surface area (Å²) in [6.07, 6.45) is 2.51. The maximum absolute atomic E-state index is 11.6. The molecule has 0 saturated heterocycles. The first-order chi connectivity index (χ1) is 7.70. The van der Waals surface area contributed by atoms with Crippen LogP contribution in [-0.4, -0.2) is 16.9 Å². The number of carbonyl (C=O) groups is 1. The van der Waals surface area contributed by atoms with E-state index in [0.29, 0.717) is 6.42 Å². The summed E-state index contributed by atoms with van der Waals surface area (Å²) >= 11 is 0. The molecular weight excluding hydrogens is 202 g/mol. The average molecular weight is 217 g/mol. The molecule has 0 aliphatic heterocycles. The normalized spacial score (nSPS) is 12.6. The van der Waals surface area contributed by atoms with E-state index in [1.165, 1.54) is 0 Å². The van der Waals surface area contributed by atoms with Gasteiger partial charge >= 0.3 is 0 Å². The number of aromatic nitrogens is 1. The van der Waals surface area contributed by atoms with Gasteiger partial charge in [0.25, 0.3) is 0 Å². The molecule has 0 bridgehead atoms. The van der Waals surface area contributed by atoms with Crippen LogP contribution in [0.5, 0.6) is 0 Å². The van der Waals surface area contributed by atoms with Crippen LogP contribution in [0.25, 0.3) is 10.9 Å². The lowest BCUT2D eigenvalue weighted by Crippen LogP contribution is -2.34. The number of anilines is 1. The van der Waals surface area contributed by atoms with E-state index in [4.69, 9.17) is 5.73 Å². The SMILES string of the molecule is CC[C@@H](N)C(=O)Nc1ccc2[nH]ccc2c1. The second kappa shape index (κ2) is 4.37. The summed E-state index contributed by atoms with van der Waals surface area (Å²) in [6.45, 7) is 1.89. The number of hydrogen-bond acceptors (Lipinski definition) is 2. The maximum Gasteiger partial charge on any atom is 0.241 e. The molecule has 0 aliphatic carbocycles. The van der Waals surface area contributed by atoms with Crippen molar-refractivity contribution in [3.05, 3.63) is 30.5 Å². The largest absolute Gasteiger partial charge is 0.361 e. The molecule has 0 fully saturated rings. The van der Waals surface area contributed by atoms with Crippen LogP contribution in [-0.2, 0) is 4.79 Å². The summed E-state index contributed by atoms with van der Waals surface area (Å²) in [5.74, 6) is -0.141. The van der Waals surface area contributed by atoms with Gasteiger partial charge in [-0.3, -0.25) is 4.79 Å². The zero-order valence-electron chi connectivity index (χ0n) is 9.16. The number of H-pyrrole nitrogens is 1. The van der Waals surface area contributed by atoms with Crippen molar-refractivity contribution in [2.75, 3.05) is 5.32 Å². The predicted octanol–water partition coefficient (Wildman–Crippen LogP) is 1.84. The molecule has 1 atom stereocenters. The summed E-state index contributed by atoms with van der Waals surface area (Å²) in [5, 5.41) is 3.87. The highest BCUT2D eigenvalue weighted by Crippen LogP contribution is 2.17. The van der Waals surface area contributed by atoms with E-state index >= 15 is 0 Å². The molecule has 0 aliphatic rings. The van der Waals surface area contributed by atoms with E-state index in [2.05, 4.69) is 10.3 Å². The fourth-order valence-corrected chi connectivity index (χ4v) is 1.55. The Morgan fingerprint density at radius 1 is 1.50 bits per heavy atom. The Kier molecular flexibility index (Phi) is 2.92. The van der Waals surface area contributed by atoms with Crippen molar-refractivity contribution in [3.63, 3.8) is 0 Å². The summed E-state index contributed by atoms with van der Waals surface area (Å²) in [7, 11) is 0. The Labute approximate surface area is 93.8 Å². The predicted molar refractivity (Wildman–Crippen MR) is 65.2 cm³/mol. The number of hydrogen-bond donors (Lipinski definition) is 3. The number of amides is 1. The second-order valence-corrected chi connectivity index (χ2v) is 3.78. The summed E-state index contributed by atoms with van der Waals surface area (Å²) < 4.78 is 0. The van der Waals surface area contributed by atoms with Gasteiger partial charge in [0, 0.05) is 22.8 Å². The number of nitrogens with one attached hydrogen (secondary N) is 2. The van der Waals surface area contributed by atoms with Crippen molar-refractivity contribution in [3.8, 4) is 0 Å². The molecule has 1 heterocycles. The minimum Gasteiger partial charge on any atom is -0.361 e. The zero-order chi connectivity index (χ0) is 11.5. The zero-order valence-corrected chi connectivity index (χ0v) is 9.16. The van der Waals surface area contributed by atoms with E-state index in [9.17, 15) is 4.79 Å². The topological polar surface area (TPSA) is 70.9 Å². The van der Waals surface area contributed by atoms with Crippen LogP contribution in [0.2, 0.25) is 0 Å². The van der Waals surface area contributed by atoms with Crippen molar-refractivity contribution in [2.24, 2.45) is 5.73 Å². The Hall–Kier alpha value is -1.81.